The highest BCUT2D eigenvalue weighted by molar-refractivity contribution is 6.27. The number of hydrogen-bond donors (Lipinski definition) is 3. The van der Waals surface area contributed by atoms with Gasteiger partial charge in [0, 0.05) is 24.4 Å². The average Bonchev–Trinajstić information content (AvgIpc) is 2.93. The number of ether oxygens (including phenoxy) is 1. The standard InChI is InChI=1S/C18H26FN3O.C2H2O4/c1-13(2)23-11-5-10-20-12-18-14(3)21-22(15(18)4)17-8-6-16(19)7-9-17;3-1(4)2(5)6/h6-9,13,20H,5,10-12H2,1-4H3;(H,3,4)(H,5,6). The summed E-state index contributed by atoms with van der Waals surface area (Å²) in [6.45, 7) is 10.6. The Kier molecular flexibility index (Phi) is 9.98. The first kappa shape index (κ1) is 24.3. The molecule has 1 aromatic carbocycles. The summed E-state index contributed by atoms with van der Waals surface area (Å²) in [4.78, 5) is 18.2. The van der Waals surface area contributed by atoms with Crippen LogP contribution in [0.15, 0.2) is 24.3 Å². The number of carboxylic acids is 2. The average molecular weight is 409 g/mol. The van der Waals surface area contributed by atoms with Crippen molar-refractivity contribution in [2.75, 3.05) is 13.2 Å². The topological polar surface area (TPSA) is 114 Å². The van der Waals surface area contributed by atoms with Crippen LogP contribution in [0.3, 0.4) is 0 Å². The van der Waals surface area contributed by atoms with Crippen LogP contribution in [0.2, 0.25) is 0 Å². The fourth-order valence-electron chi connectivity index (χ4n) is 2.49. The Morgan fingerprint density at radius 3 is 2.28 bits per heavy atom. The van der Waals surface area contributed by atoms with Crippen molar-refractivity contribution in [3.05, 3.63) is 47.0 Å². The van der Waals surface area contributed by atoms with Crippen molar-refractivity contribution in [3.8, 4) is 5.69 Å². The van der Waals surface area contributed by atoms with E-state index in [4.69, 9.17) is 24.5 Å². The predicted molar refractivity (Wildman–Crippen MR) is 106 cm³/mol. The van der Waals surface area contributed by atoms with Crippen LogP contribution in [-0.2, 0) is 20.9 Å². The van der Waals surface area contributed by atoms with Crippen LogP contribution < -0.4 is 5.32 Å². The summed E-state index contributed by atoms with van der Waals surface area (Å²) < 4.78 is 20.5. The minimum atomic E-state index is -1.82. The van der Waals surface area contributed by atoms with Crippen LogP contribution in [-0.4, -0.2) is 51.2 Å². The number of rotatable bonds is 8. The fourth-order valence-corrected chi connectivity index (χ4v) is 2.49. The third-order valence-corrected chi connectivity index (χ3v) is 3.95. The molecule has 160 valence electrons. The van der Waals surface area contributed by atoms with Gasteiger partial charge in [-0.2, -0.15) is 5.10 Å². The number of carboxylic acid groups (broad SMARTS) is 2. The number of carbonyl (C=O) groups is 2. The van der Waals surface area contributed by atoms with Gasteiger partial charge in [0.25, 0.3) is 0 Å². The molecule has 0 spiro atoms. The van der Waals surface area contributed by atoms with E-state index in [1.165, 1.54) is 17.7 Å². The number of aryl methyl sites for hydroxylation is 1. The molecule has 0 aliphatic rings. The zero-order chi connectivity index (χ0) is 22.0. The third-order valence-electron chi connectivity index (χ3n) is 3.95. The Hall–Kier alpha value is -2.78. The summed E-state index contributed by atoms with van der Waals surface area (Å²) in [7, 11) is 0. The molecule has 0 aliphatic heterocycles. The molecule has 8 nitrogen and oxygen atoms in total. The molecule has 29 heavy (non-hydrogen) atoms. The Bertz CT molecular complexity index is 791. The van der Waals surface area contributed by atoms with Gasteiger partial charge in [0.1, 0.15) is 5.82 Å². The van der Waals surface area contributed by atoms with E-state index in [0.717, 1.165) is 43.2 Å². The Labute approximate surface area is 169 Å². The van der Waals surface area contributed by atoms with Crippen molar-refractivity contribution < 1.29 is 28.9 Å². The molecule has 2 aromatic rings. The lowest BCUT2D eigenvalue weighted by Crippen LogP contribution is -2.18. The van der Waals surface area contributed by atoms with Crippen LogP contribution >= 0.6 is 0 Å². The largest absolute Gasteiger partial charge is 0.473 e. The second-order valence-corrected chi connectivity index (χ2v) is 6.60. The Morgan fingerprint density at radius 1 is 1.17 bits per heavy atom. The van der Waals surface area contributed by atoms with Crippen LogP contribution in [0, 0.1) is 19.7 Å². The third kappa shape index (κ3) is 8.41. The number of aliphatic carboxylic acids is 2. The molecule has 0 aliphatic carbocycles. The Morgan fingerprint density at radius 2 is 1.76 bits per heavy atom. The zero-order valence-electron chi connectivity index (χ0n) is 17.1. The summed E-state index contributed by atoms with van der Waals surface area (Å²) in [5, 5.41) is 22.8. The van der Waals surface area contributed by atoms with E-state index in [2.05, 4.69) is 10.4 Å². The molecular formula is C20H28FN3O5. The SMILES string of the molecule is Cc1nn(-c2ccc(F)cc2)c(C)c1CNCCCOC(C)C.O=C(O)C(=O)O. The maximum atomic E-state index is 13.1. The van der Waals surface area contributed by atoms with Gasteiger partial charge in [0.15, 0.2) is 0 Å². The van der Waals surface area contributed by atoms with Crippen molar-refractivity contribution in [2.24, 2.45) is 0 Å². The van der Waals surface area contributed by atoms with Gasteiger partial charge in [0.05, 0.1) is 17.5 Å². The maximum absolute atomic E-state index is 13.1. The summed E-state index contributed by atoms with van der Waals surface area (Å²) in [5.74, 6) is -3.88. The minimum absolute atomic E-state index is 0.235. The quantitative estimate of drug-likeness (QED) is 0.454. The monoisotopic (exact) mass is 409 g/mol. The Balaban J connectivity index is 0.000000612. The van der Waals surface area contributed by atoms with Gasteiger partial charge in [-0.1, -0.05) is 0 Å². The molecule has 3 N–H and O–H groups in total. The van der Waals surface area contributed by atoms with E-state index in [-0.39, 0.29) is 11.9 Å². The van der Waals surface area contributed by atoms with E-state index < -0.39 is 11.9 Å². The van der Waals surface area contributed by atoms with Crippen molar-refractivity contribution in [2.45, 2.75) is 46.8 Å². The second kappa shape index (κ2) is 11.9. The number of aromatic nitrogens is 2. The van der Waals surface area contributed by atoms with Gasteiger partial charge in [-0.05, 0) is 64.9 Å². The molecule has 0 radical (unpaired) electrons. The smallest absolute Gasteiger partial charge is 0.414 e. The molecule has 1 heterocycles. The van der Waals surface area contributed by atoms with Crippen molar-refractivity contribution in [3.63, 3.8) is 0 Å². The van der Waals surface area contributed by atoms with Crippen LogP contribution in [0.5, 0.6) is 0 Å². The molecule has 1 aromatic heterocycles. The molecule has 0 bridgehead atoms. The van der Waals surface area contributed by atoms with Gasteiger partial charge < -0.3 is 20.3 Å². The number of nitrogens with zero attached hydrogens (tertiary/aromatic N) is 2. The fraction of sp³-hybridized carbons (Fsp3) is 0.450. The molecule has 0 saturated heterocycles. The van der Waals surface area contributed by atoms with Crippen LogP contribution in [0.25, 0.3) is 5.69 Å². The number of benzene rings is 1. The van der Waals surface area contributed by atoms with Gasteiger partial charge in [-0.25, -0.2) is 18.7 Å². The van der Waals surface area contributed by atoms with E-state index in [0.29, 0.717) is 0 Å². The molecule has 0 amide bonds. The van der Waals surface area contributed by atoms with Gasteiger partial charge in [-0.15, -0.1) is 0 Å². The number of halogens is 1. The van der Waals surface area contributed by atoms with E-state index in [1.54, 1.807) is 12.1 Å². The lowest BCUT2D eigenvalue weighted by Gasteiger charge is -2.09. The highest BCUT2D eigenvalue weighted by Gasteiger charge is 2.12. The first-order chi connectivity index (χ1) is 13.6. The lowest BCUT2D eigenvalue weighted by atomic mass is 10.2. The first-order valence-corrected chi connectivity index (χ1v) is 9.23. The van der Waals surface area contributed by atoms with Gasteiger partial charge >= 0.3 is 11.9 Å². The predicted octanol–water partition coefficient (Wildman–Crippen LogP) is 2.69. The summed E-state index contributed by atoms with van der Waals surface area (Å²) in [6.07, 6.45) is 1.27. The molecule has 0 atom stereocenters. The number of hydrogen-bond acceptors (Lipinski definition) is 5. The van der Waals surface area contributed by atoms with E-state index in [9.17, 15) is 4.39 Å². The zero-order valence-corrected chi connectivity index (χ0v) is 17.1. The normalized spacial score (nSPS) is 10.6. The molecule has 0 saturated carbocycles. The second-order valence-electron chi connectivity index (χ2n) is 6.60. The maximum Gasteiger partial charge on any atom is 0.414 e. The molecule has 9 heteroatoms. The highest BCUT2D eigenvalue weighted by atomic mass is 19.1. The summed E-state index contributed by atoms with van der Waals surface area (Å²) in [6, 6.07) is 6.40. The van der Waals surface area contributed by atoms with E-state index >= 15 is 0 Å². The summed E-state index contributed by atoms with van der Waals surface area (Å²) >= 11 is 0. The molecular weight excluding hydrogens is 381 g/mol. The summed E-state index contributed by atoms with van der Waals surface area (Å²) in [5.41, 5.74) is 4.15. The van der Waals surface area contributed by atoms with E-state index in [1.807, 2.05) is 32.4 Å². The molecule has 0 unspecified atom stereocenters. The lowest BCUT2D eigenvalue weighted by molar-refractivity contribution is -0.159. The van der Waals surface area contributed by atoms with Crippen molar-refractivity contribution >= 4 is 11.9 Å². The van der Waals surface area contributed by atoms with Gasteiger partial charge in [-0.3, -0.25) is 0 Å². The van der Waals surface area contributed by atoms with Crippen molar-refractivity contribution in [1.29, 1.82) is 0 Å². The number of nitrogens with one attached hydrogen (secondary N) is 1. The van der Waals surface area contributed by atoms with Crippen LogP contribution in [0.4, 0.5) is 4.39 Å². The first-order valence-electron chi connectivity index (χ1n) is 9.23. The molecule has 2 rings (SSSR count). The van der Waals surface area contributed by atoms with Gasteiger partial charge in [0.2, 0.25) is 0 Å². The van der Waals surface area contributed by atoms with Crippen molar-refractivity contribution in [1.82, 2.24) is 15.1 Å². The molecule has 0 fully saturated rings. The highest BCUT2D eigenvalue weighted by Crippen LogP contribution is 2.18. The van der Waals surface area contributed by atoms with Crippen LogP contribution in [0.1, 0.15) is 37.2 Å². The minimum Gasteiger partial charge on any atom is -0.473 e.